The molecule has 0 bridgehead atoms. The SMILES string of the molecule is COc1ccccc1CN1CC[C@H](Oc2ccncc2)C1. The number of hydrogen-bond acceptors (Lipinski definition) is 4. The molecule has 0 amide bonds. The molecule has 1 aromatic carbocycles. The zero-order chi connectivity index (χ0) is 14.5. The molecule has 1 aliphatic heterocycles. The number of hydrogen-bond donors (Lipinski definition) is 0. The highest BCUT2D eigenvalue weighted by Crippen LogP contribution is 2.23. The molecular weight excluding hydrogens is 264 g/mol. The van der Waals surface area contributed by atoms with Gasteiger partial charge in [-0.25, -0.2) is 0 Å². The normalized spacial score (nSPS) is 18.6. The summed E-state index contributed by atoms with van der Waals surface area (Å²) in [5.41, 5.74) is 1.23. The molecule has 1 fully saturated rings. The van der Waals surface area contributed by atoms with Crippen LogP contribution in [0.1, 0.15) is 12.0 Å². The lowest BCUT2D eigenvalue weighted by molar-refractivity contribution is 0.197. The van der Waals surface area contributed by atoms with Gasteiger partial charge in [-0.15, -0.1) is 0 Å². The van der Waals surface area contributed by atoms with Crippen molar-refractivity contribution in [1.82, 2.24) is 9.88 Å². The Hall–Kier alpha value is -2.07. The van der Waals surface area contributed by atoms with Crippen LogP contribution in [0.2, 0.25) is 0 Å². The molecule has 1 atom stereocenters. The number of rotatable bonds is 5. The van der Waals surface area contributed by atoms with E-state index in [1.807, 2.05) is 24.3 Å². The van der Waals surface area contributed by atoms with E-state index in [2.05, 4.69) is 22.0 Å². The summed E-state index contributed by atoms with van der Waals surface area (Å²) in [5, 5.41) is 0. The van der Waals surface area contributed by atoms with Gasteiger partial charge in [0.05, 0.1) is 7.11 Å². The van der Waals surface area contributed by atoms with Crippen molar-refractivity contribution in [3.63, 3.8) is 0 Å². The Labute approximate surface area is 125 Å². The van der Waals surface area contributed by atoms with Crippen LogP contribution in [0.4, 0.5) is 0 Å². The molecule has 0 spiro atoms. The van der Waals surface area contributed by atoms with Gasteiger partial charge in [-0.3, -0.25) is 9.88 Å². The molecule has 1 saturated heterocycles. The number of nitrogens with zero attached hydrogens (tertiary/aromatic N) is 2. The summed E-state index contributed by atoms with van der Waals surface area (Å²) >= 11 is 0. The van der Waals surface area contributed by atoms with Crippen molar-refractivity contribution in [3.05, 3.63) is 54.4 Å². The van der Waals surface area contributed by atoms with Crippen LogP contribution in [0.25, 0.3) is 0 Å². The van der Waals surface area contributed by atoms with Crippen molar-refractivity contribution < 1.29 is 9.47 Å². The lowest BCUT2D eigenvalue weighted by Crippen LogP contribution is -2.24. The first-order valence-electron chi connectivity index (χ1n) is 7.26. The second-order valence-corrected chi connectivity index (χ2v) is 5.26. The van der Waals surface area contributed by atoms with Crippen LogP contribution in [0.3, 0.4) is 0 Å². The lowest BCUT2D eigenvalue weighted by atomic mass is 10.2. The number of benzene rings is 1. The predicted molar refractivity (Wildman–Crippen MR) is 81.5 cm³/mol. The second kappa shape index (κ2) is 6.59. The predicted octanol–water partition coefficient (Wildman–Crippen LogP) is 2.74. The highest BCUT2D eigenvalue weighted by atomic mass is 16.5. The van der Waals surface area contributed by atoms with E-state index in [1.165, 1.54) is 5.56 Å². The maximum atomic E-state index is 5.99. The first-order valence-corrected chi connectivity index (χ1v) is 7.26. The first-order chi connectivity index (χ1) is 10.3. The average molecular weight is 284 g/mol. The third kappa shape index (κ3) is 3.52. The summed E-state index contributed by atoms with van der Waals surface area (Å²) in [4.78, 5) is 6.41. The minimum Gasteiger partial charge on any atom is -0.496 e. The molecule has 4 nitrogen and oxygen atoms in total. The highest BCUT2D eigenvalue weighted by molar-refractivity contribution is 5.33. The second-order valence-electron chi connectivity index (χ2n) is 5.26. The molecule has 0 aliphatic carbocycles. The molecule has 4 heteroatoms. The highest BCUT2D eigenvalue weighted by Gasteiger charge is 2.24. The van der Waals surface area contributed by atoms with Crippen LogP contribution in [0.5, 0.6) is 11.5 Å². The third-order valence-corrected chi connectivity index (χ3v) is 3.77. The van der Waals surface area contributed by atoms with Gasteiger partial charge in [0.15, 0.2) is 0 Å². The molecule has 0 N–H and O–H groups in total. The Balaban J connectivity index is 1.57. The molecule has 0 radical (unpaired) electrons. The Bertz CT molecular complexity index is 574. The van der Waals surface area contributed by atoms with E-state index in [9.17, 15) is 0 Å². The Morgan fingerprint density at radius 2 is 2.00 bits per heavy atom. The van der Waals surface area contributed by atoms with Crippen molar-refractivity contribution >= 4 is 0 Å². The summed E-state index contributed by atoms with van der Waals surface area (Å²) in [7, 11) is 1.72. The minimum absolute atomic E-state index is 0.252. The molecule has 0 saturated carbocycles. The van der Waals surface area contributed by atoms with E-state index in [4.69, 9.17) is 9.47 Å². The molecule has 1 aromatic heterocycles. The Kier molecular flexibility index (Phi) is 4.36. The van der Waals surface area contributed by atoms with Crippen LogP contribution in [0, 0.1) is 0 Å². The van der Waals surface area contributed by atoms with Gasteiger partial charge in [0, 0.05) is 37.6 Å². The van der Waals surface area contributed by atoms with Crippen LogP contribution in [0.15, 0.2) is 48.8 Å². The van der Waals surface area contributed by atoms with Gasteiger partial charge < -0.3 is 9.47 Å². The number of ether oxygens (including phenoxy) is 2. The van der Waals surface area contributed by atoms with Crippen molar-refractivity contribution in [3.8, 4) is 11.5 Å². The van der Waals surface area contributed by atoms with E-state index >= 15 is 0 Å². The van der Waals surface area contributed by atoms with Gasteiger partial charge in [0.1, 0.15) is 17.6 Å². The maximum absolute atomic E-state index is 5.99. The standard InChI is InChI=1S/C17H20N2O2/c1-20-17-5-3-2-4-14(17)12-19-11-8-16(13-19)21-15-6-9-18-10-7-15/h2-7,9-10,16H,8,11-13H2,1H3/t16-/m0/s1. The van der Waals surface area contributed by atoms with Crippen LogP contribution < -0.4 is 9.47 Å². The van der Waals surface area contributed by atoms with E-state index in [1.54, 1.807) is 19.5 Å². The summed E-state index contributed by atoms with van der Waals surface area (Å²) in [6, 6.07) is 12.0. The van der Waals surface area contributed by atoms with Crippen LogP contribution in [-0.4, -0.2) is 36.2 Å². The quantitative estimate of drug-likeness (QED) is 0.845. The molecular formula is C17H20N2O2. The van der Waals surface area contributed by atoms with Crippen molar-refractivity contribution in [2.24, 2.45) is 0 Å². The van der Waals surface area contributed by atoms with E-state index < -0.39 is 0 Å². The molecule has 3 rings (SSSR count). The van der Waals surface area contributed by atoms with Gasteiger partial charge in [-0.05, 0) is 24.6 Å². The molecule has 110 valence electrons. The van der Waals surface area contributed by atoms with Crippen molar-refractivity contribution in [2.45, 2.75) is 19.1 Å². The first kappa shape index (κ1) is 13.9. The fourth-order valence-electron chi connectivity index (χ4n) is 2.72. The van der Waals surface area contributed by atoms with Crippen molar-refractivity contribution in [1.29, 1.82) is 0 Å². The van der Waals surface area contributed by atoms with Crippen molar-refractivity contribution in [2.75, 3.05) is 20.2 Å². The van der Waals surface area contributed by atoms with Crippen LogP contribution in [-0.2, 0) is 6.54 Å². The summed E-state index contributed by atoms with van der Waals surface area (Å²) in [6.07, 6.45) is 4.83. The van der Waals surface area contributed by atoms with Gasteiger partial charge in [-0.2, -0.15) is 0 Å². The maximum Gasteiger partial charge on any atom is 0.123 e. The fourth-order valence-corrected chi connectivity index (χ4v) is 2.72. The largest absolute Gasteiger partial charge is 0.496 e. The summed E-state index contributed by atoms with van der Waals surface area (Å²) in [5.74, 6) is 1.85. The summed E-state index contributed by atoms with van der Waals surface area (Å²) in [6.45, 7) is 2.90. The molecule has 1 aliphatic rings. The summed E-state index contributed by atoms with van der Waals surface area (Å²) < 4.78 is 11.4. The Morgan fingerprint density at radius 3 is 2.81 bits per heavy atom. The molecule has 2 heterocycles. The zero-order valence-electron chi connectivity index (χ0n) is 12.2. The molecule has 0 unspecified atom stereocenters. The number of aromatic nitrogens is 1. The topological polar surface area (TPSA) is 34.6 Å². The number of para-hydroxylation sites is 1. The third-order valence-electron chi connectivity index (χ3n) is 3.77. The average Bonchev–Trinajstić information content (AvgIpc) is 2.96. The van der Waals surface area contributed by atoms with E-state index in [0.717, 1.165) is 37.6 Å². The van der Waals surface area contributed by atoms with E-state index in [-0.39, 0.29) is 6.10 Å². The fraction of sp³-hybridized carbons (Fsp3) is 0.353. The number of methoxy groups -OCH3 is 1. The lowest BCUT2D eigenvalue weighted by Gasteiger charge is -2.18. The Morgan fingerprint density at radius 1 is 1.19 bits per heavy atom. The van der Waals surface area contributed by atoms with Gasteiger partial charge in [0.25, 0.3) is 0 Å². The van der Waals surface area contributed by atoms with Gasteiger partial charge in [-0.1, -0.05) is 18.2 Å². The monoisotopic (exact) mass is 284 g/mol. The van der Waals surface area contributed by atoms with E-state index in [0.29, 0.717) is 0 Å². The van der Waals surface area contributed by atoms with Crippen LogP contribution >= 0.6 is 0 Å². The molecule has 21 heavy (non-hydrogen) atoms. The smallest absolute Gasteiger partial charge is 0.123 e. The minimum atomic E-state index is 0.252. The number of pyridine rings is 1. The zero-order valence-corrected chi connectivity index (χ0v) is 12.2. The number of likely N-dealkylation sites (tertiary alicyclic amines) is 1. The molecule has 2 aromatic rings. The van der Waals surface area contributed by atoms with Gasteiger partial charge >= 0.3 is 0 Å². The van der Waals surface area contributed by atoms with Gasteiger partial charge in [0.2, 0.25) is 0 Å².